The standard InChI is InChI=1S/C20H30N2O3/c23-20(21-11-14-22-12-3-1-2-4-13-22)17-7-9-18(10-8-17)25-16-19-6-5-15-24-19/h7-10,19H,1-6,11-16H2,(H,21,23). The second-order valence-corrected chi connectivity index (χ2v) is 6.98. The molecule has 2 saturated heterocycles. The highest BCUT2D eigenvalue weighted by Crippen LogP contribution is 2.16. The van der Waals surface area contributed by atoms with Gasteiger partial charge in [0.25, 0.3) is 5.91 Å². The predicted octanol–water partition coefficient (Wildman–Crippen LogP) is 2.85. The number of amides is 1. The van der Waals surface area contributed by atoms with Crippen LogP contribution >= 0.6 is 0 Å². The minimum atomic E-state index is -0.0134. The van der Waals surface area contributed by atoms with E-state index < -0.39 is 0 Å². The Morgan fingerprint density at radius 1 is 1.12 bits per heavy atom. The summed E-state index contributed by atoms with van der Waals surface area (Å²) in [4.78, 5) is 14.7. The molecule has 5 nitrogen and oxygen atoms in total. The Morgan fingerprint density at radius 3 is 2.56 bits per heavy atom. The molecule has 0 spiro atoms. The number of likely N-dealkylation sites (tertiary alicyclic amines) is 1. The molecule has 0 aromatic heterocycles. The van der Waals surface area contributed by atoms with E-state index in [2.05, 4.69) is 10.2 Å². The minimum absolute atomic E-state index is 0.0134. The van der Waals surface area contributed by atoms with Crippen molar-refractivity contribution >= 4 is 5.91 Å². The topological polar surface area (TPSA) is 50.8 Å². The Bertz CT molecular complexity index is 518. The Kier molecular flexibility index (Phi) is 7.12. The van der Waals surface area contributed by atoms with E-state index in [4.69, 9.17) is 9.47 Å². The second-order valence-electron chi connectivity index (χ2n) is 6.98. The van der Waals surface area contributed by atoms with Gasteiger partial charge < -0.3 is 19.7 Å². The van der Waals surface area contributed by atoms with Gasteiger partial charge >= 0.3 is 0 Å². The van der Waals surface area contributed by atoms with Crippen LogP contribution in [0.5, 0.6) is 5.75 Å². The lowest BCUT2D eigenvalue weighted by Gasteiger charge is -2.19. The third-order valence-corrected chi connectivity index (χ3v) is 4.99. The second kappa shape index (κ2) is 9.78. The van der Waals surface area contributed by atoms with Crippen LogP contribution in [0.4, 0.5) is 0 Å². The van der Waals surface area contributed by atoms with E-state index >= 15 is 0 Å². The lowest BCUT2D eigenvalue weighted by molar-refractivity contribution is 0.0679. The van der Waals surface area contributed by atoms with E-state index in [1.54, 1.807) is 0 Å². The molecule has 1 unspecified atom stereocenters. The van der Waals surface area contributed by atoms with Crippen molar-refractivity contribution in [1.29, 1.82) is 0 Å². The molecule has 5 heteroatoms. The summed E-state index contributed by atoms with van der Waals surface area (Å²) in [5.41, 5.74) is 0.681. The van der Waals surface area contributed by atoms with Gasteiger partial charge in [0.15, 0.2) is 0 Å². The minimum Gasteiger partial charge on any atom is -0.491 e. The highest BCUT2D eigenvalue weighted by Gasteiger charge is 2.16. The molecule has 1 aromatic rings. The van der Waals surface area contributed by atoms with E-state index in [0.717, 1.165) is 44.8 Å². The molecule has 1 atom stereocenters. The third kappa shape index (κ3) is 6.01. The summed E-state index contributed by atoms with van der Waals surface area (Å²) >= 11 is 0. The molecule has 25 heavy (non-hydrogen) atoms. The van der Waals surface area contributed by atoms with E-state index in [1.807, 2.05) is 24.3 Å². The van der Waals surface area contributed by atoms with Crippen LogP contribution in [0, 0.1) is 0 Å². The summed E-state index contributed by atoms with van der Waals surface area (Å²) in [6, 6.07) is 7.37. The molecular weight excluding hydrogens is 316 g/mol. The zero-order chi connectivity index (χ0) is 17.3. The maximum atomic E-state index is 12.2. The zero-order valence-electron chi connectivity index (χ0n) is 15.0. The van der Waals surface area contributed by atoms with E-state index in [0.29, 0.717) is 18.7 Å². The van der Waals surface area contributed by atoms with Crippen LogP contribution in [-0.4, -0.2) is 56.3 Å². The lowest BCUT2D eigenvalue weighted by Crippen LogP contribution is -2.35. The van der Waals surface area contributed by atoms with Crippen LogP contribution < -0.4 is 10.1 Å². The number of hydrogen-bond donors (Lipinski definition) is 1. The molecule has 0 aliphatic carbocycles. The largest absolute Gasteiger partial charge is 0.491 e. The van der Waals surface area contributed by atoms with Gasteiger partial charge in [-0.25, -0.2) is 0 Å². The van der Waals surface area contributed by atoms with Crippen molar-refractivity contribution in [2.45, 2.75) is 44.6 Å². The third-order valence-electron chi connectivity index (χ3n) is 4.99. The van der Waals surface area contributed by atoms with Crippen LogP contribution in [-0.2, 0) is 4.74 Å². The molecule has 1 amide bonds. The number of benzene rings is 1. The Morgan fingerprint density at radius 2 is 1.88 bits per heavy atom. The van der Waals surface area contributed by atoms with E-state index in [9.17, 15) is 4.79 Å². The van der Waals surface area contributed by atoms with Crippen molar-refractivity contribution in [2.75, 3.05) is 39.4 Å². The highest BCUT2D eigenvalue weighted by molar-refractivity contribution is 5.94. The quantitative estimate of drug-likeness (QED) is 0.825. The van der Waals surface area contributed by atoms with Crippen molar-refractivity contribution in [3.05, 3.63) is 29.8 Å². The van der Waals surface area contributed by atoms with Crippen LogP contribution in [0.15, 0.2) is 24.3 Å². The van der Waals surface area contributed by atoms with Gasteiger partial charge in [-0.05, 0) is 63.0 Å². The molecule has 0 saturated carbocycles. The maximum absolute atomic E-state index is 12.2. The molecule has 0 bridgehead atoms. The molecule has 2 aliphatic rings. The molecule has 1 aromatic carbocycles. The predicted molar refractivity (Wildman–Crippen MR) is 98.2 cm³/mol. The number of nitrogens with zero attached hydrogens (tertiary/aromatic N) is 1. The number of carbonyl (C=O) groups is 1. The normalized spacial score (nSPS) is 21.7. The number of nitrogens with one attached hydrogen (secondary N) is 1. The van der Waals surface area contributed by atoms with Crippen molar-refractivity contribution in [3.8, 4) is 5.75 Å². The van der Waals surface area contributed by atoms with Gasteiger partial charge in [-0.3, -0.25) is 4.79 Å². The van der Waals surface area contributed by atoms with Crippen LogP contribution in [0.3, 0.4) is 0 Å². The molecule has 2 fully saturated rings. The van der Waals surface area contributed by atoms with E-state index in [-0.39, 0.29) is 12.0 Å². The Hall–Kier alpha value is -1.59. The van der Waals surface area contributed by atoms with Gasteiger partial charge in [-0.1, -0.05) is 12.8 Å². The lowest BCUT2D eigenvalue weighted by atomic mass is 10.2. The Balaban J connectivity index is 1.37. The van der Waals surface area contributed by atoms with Crippen molar-refractivity contribution in [3.63, 3.8) is 0 Å². The van der Waals surface area contributed by atoms with Gasteiger partial charge in [0.2, 0.25) is 0 Å². The first-order valence-corrected chi connectivity index (χ1v) is 9.66. The average Bonchev–Trinajstić information content (AvgIpc) is 3.03. The highest BCUT2D eigenvalue weighted by atomic mass is 16.5. The number of rotatable bonds is 7. The fourth-order valence-electron chi connectivity index (χ4n) is 3.46. The summed E-state index contributed by atoms with van der Waals surface area (Å²) in [5, 5.41) is 3.02. The van der Waals surface area contributed by atoms with Crippen LogP contribution in [0.2, 0.25) is 0 Å². The van der Waals surface area contributed by atoms with Gasteiger partial charge in [0.1, 0.15) is 12.4 Å². The van der Waals surface area contributed by atoms with Crippen LogP contribution in [0.25, 0.3) is 0 Å². The first-order chi connectivity index (χ1) is 12.3. The van der Waals surface area contributed by atoms with Crippen molar-refractivity contribution in [2.24, 2.45) is 0 Å². The average molecular weight is 346 g/mol. The van der Waals surface area contributed by atoms with Crippen molar-refractivity contribution < 1.29 is 14.3 Å². The fraction of sp³-hybridized carbons (Fsp3) is 0.650. The first kappa shape index (κ1) is 18.2. The summed E-state index contributed by atoms with van der Waals surface area (Å²) in [6.07, 6.45) is 7.63. The molecule has 3 rings (SSSR count). The SMILES string of the molecule is O=C(NCCN1CCCCCC1)c1ccc(OCC2CCCO2)cc1. The van der Waals surface area contributed by atoms with Gasteiger partial charge in [-0.15, -0.1) is 0 Å². The molecular formula is C20H30N2O3. The van der Waals surface area contributed by atoms with E-state index in [1.165, 1.54) is 25.7 Å². The molecule has 0 radical (unpaired) electrons. The monoisotopic (exact) mass is 346 g/mol. The summed E-state index contributed by atoms with van der Waals surface area (Å²) in [6.45, 7) is 5.38. The number of carbonyl (C=O) groups excluding carboxylic acids is 1. The molecule has 1 N–H and O–H groups in total. The maximum Gasteiger partial charge on any atom is 0.251 e. The summed E-state index contributed by atoms with van der Waals surface area (Å²) in [7, 11) is 0. The summed E-state index contributed by atoms with van der Waals surface area (Å²) in [5.74, 6) is 0.775. The summed E-state index contributed by atoms with van der Waals surface area (Å²) < 4.78 is 11.3. The first-order valence-electron chi connectivity index (χ1n) is 9.66. The van der Waals surface area contributed by atoms with Crippen LogP contribution in [0.1, 0.15) is 48.9 Å². The smallest absolute Gasteiger partial charge is 0.251 e. The molecule has 138 valence electrons. The Labute approximate surface area is 150 Å². The number of ether oxygens (including phenoxy) is 2. The molecule has 2 aliphatic heterocycles. The number of hydrogen-bond acceptors (Lipinski definition) is 4. The van der Waals surface area contributed by atoms with Gasteiger partial charge in [0, 0.05) is 25.3 Å². The van der Waals surface area contributed by atoms with Gasteiger partial charge in [0.05, 0.1) is 6.10 Å². The van der Waals surface area contributed by atoms with Crippen molar-refractivity contribution in [1.82, 2.24) is 10.2 Å². The molecule has 2 heterocycles. The zero-order valence-corrected chi connectivity index (χ0v) is 15.0. The fourth-order valence-corrected chi connectivity index (χ4v) is 3.46. The van der Waals surface area contributed by atoms with Gasteiger partial charge in [-0.2, -0.15) is 0 Å².